The topological polar surface area (TPSA) is 77.1 Å². The lowest BCUT2D eigenvalue weighted by Gasteiger charge is -2.09. The van der Waals surface area contributed by atoms with Gasteiger partial charge in [0.15, 0.2) is 0 Å². The monoisotopic (exact) mass is 297 g/mol. The first-order chi connectivity index (χ1) is 8.97. The standard InChI is InChI=1S/C12H12ClN3O2S/c1-7-6-19-12(18)16(7)5-11(17)15-10-3-2-8(13)4-9(10)14/h2-4,6H,5,14H2,1H3,(H,15,17). The molecule has 1 amide bonds. The van der Waals surface area contributed by atoms with Crippen molar-refractivity contribution in [3.8, 4) is 0 Å². The molecule has 1 heterocycles. The number of nitrogen functional groups attached to an aromatic ring is 1. The van der Waals surface area contributed by atoms with Crippen LogP contribution >= 0.6 is 22.9 Å². The first kappa shape index (κ1) is 13.6. The molecular weight excluding hydrogens is 286 g/mol. The number of carbonyl (C=O) groups is 1. The number of hydrogen-bond donors (Lipinski definition) is 2. The summed E-state index contributed by atoms with van der Waals surface area (Å²) in [5.41, 5.74) is 7.36. The summed E-state index contributed by atoms with van der Waals surface area (Å²) in [5, 5.41) is 4.87. The maximum atomic E-state index is 11.9. The van der Waals surface area contributed by atoms with E-state index in [1.165, 1.54) is 4.57 Å². The minimum absolute atomic E-state index is 0.0315. The number of anilines is 2. The van der Waals surface area contributed by atoms with Gasteiger partial charge in [-0.1, -0.05) is 22.9 Å². The van der Waals surface area contributed by atoms with Crippen molar-refractivity contribution in [3.63, 3.8) is 0 Å². The number of aromatic nitrogens is 1. The highest BCUT2D eigenvalue weighted by molar-refractivity contribution is 7.07. The first-order valence-electron chi connectivity index (χ1n) is 5.47. The minimum Gasteiger partial charge on any atom is -0.397 e. The average Bonchev–Trinajstić information content (AvgIpc) is 2.65. The summed E-state index contributed by atoms with van der Waals surface area (Å²) >= 11 is 6.84. The summed E-state index contributed by atoms with van der Waals surface area (Å²) in [7, 11) is 0. The highest BCUT2D eigenvalue weighted by Gasteiger charge is 2.10. The predicted octanol–water partition coefficient (Wildman–Crippen LogP) is 2.09. The molecule has 100 valence electrons. The van der Waals surface area contributed by atoms with Crippen LogP contribution in [0.15, 0.2) is 28.4 Å². The van der Waals surface area contributed by atoms with Crippen LogP contribution in [0.4, 0.5) is 11.4 Å². The Balaban J connectivity index is 2.12. The smallest absolute Gasteiger partial charge is 0.307 e. The molecule has 0 unspecified atom stereocenters. The Kier molecular flexibility index (Phi) is 3.92. The van der Waals surface area contributed by atoms with Crippen LogP contribution in [-0.4, -0.2) is 10.5 Å². The fraction of sp³-hybridized carbons (Fsp3) is 0.167. The summed E-state index contributed by atoms with van der Waals surface area (Å²) in [6, 6.07) is 4.81. The third kappa shape index (κ3) is 3.15. The Bertz CT molecular complexity index is 678. The fourth-order valence-electron chi connectivity index (χ4n) is 1.58. The predicted molar refractivity (Wildman–Crippen MR) is 77.8 cm³/mol. The molecule has 0 aliphatic rings. The molecule has 0 saturated heterocycles. The van der Waals surface area contributed by atoms with Crippen LogP contribution in [0.2, 0.25) is 5.02 Å². The van der Waals surface area contributed by atoms with Gasteiger partial charge in [-0.05, 0) is 25.1 Å². The Morgan fingerprint density at radius 2 is 2.26 bits per heavy atom. The molecule has 1 aromatic heterocycles. The van der Waals surface area contributed by atoms with Crippen molar-refractivity contribution in [2.75, 3.05) is 11.1 Å². The highest BCUT2D eigenvalue weighted by Crippen LogP contribution is 2.22. The van der Waals surface area contributed by atoms with E-state index in [2.05, 4.69) is 5.32 Å². The second-order valence-corrected chi connectivity index (χ2v) is 5.27. The molecule has 5 nitrogen and oxygen atoms in total. The van der Waals surface area contributed by atoms with E-state index >= 15 is 0 Å². The molecule has 0 spiro atoms. The van der Waals surface area contributed by atoms with Gasteiger partial charge >= 0.3 is 4.87 Å². The summed E-state index contributed by atoms with van der Waals surface area (Å²) in [6.07, 6.45) is 0. The molecule has 19 heavy (non-hydrogen) atoms. The lowest BCUT2D eigenvalue weighted by atomic mass is 10.2. The van der Waals surface area contributed by atoms with E-state index in [4.69, 9.17) is 17.3 Å². The van der Waals surface area contributed by atoms with Crippen LogP contribution in [0.1, 0.15) is 5.69 Å². The van der Waals surface area contributed by atoms with Crippen molar-refractivity contribution in [3.05, 3.63) is 44.0 Å². The molecule has 0 aliphatic carbocycles. The van der Waals surface area contributed by atoms with Crippen molar-refractivity contribution < 1.29 is 4.79 Å². The largest absolute Gasteiger partial charge is 0.397 e. The Morgan fingerprint density at radius 3 is 2.84 bits per heavy atom. The fourth-order valence-corrected chi connectivity index (χ4v) is 2.49. The molecule has 7 heteroatoms. The van der Waals surface area contributed by atoms with Gasteiger partial charge in [0.1, 0.15) is 6.54 Å². The van der Waals surface area contributed by atoms with Gasteiger partial charge < -0.3 is 11.1 Å². The molecule has 0 bridgehead atoms. The van der Waals surface area contributed by atoms with E-state index in [0.717, 1.165) is 17.0 Å². The molecule has 0 saturated carbocycles. The van der Waals surface area contributed by atoms with E-state index in [-0.39, 0.29) is 17.3 Å². The quantitative estimate of drug-likeness (QED) is 0.852. The van der Waals surface area contributed by atoms with Crippen LogP contribution in [0.5, 0.6) is 0 Å². The lowest BCUT2D eigenvalue weighted by molar-refractivity contribution is -0.116. The average molecular weight is 298 g/mol. The van der Waals surface area contributed by atoms with Gasteiger partial charge in [-0.3, -0.25) is 14.2 Å². The van der Waals surface area contributed by atoms with Gasteiger partial charge in [0.25, 0.3) is 0 Å². The number of thiazole rings is 1. The number of nitrogens with one attached hydrogen (secondary N) is 1. The Labute approximate surface area is 118 Å². The van der Waals surface area contributed by atoms with Gasteiger partial charge in [0.05, 0.1) is 11.4 Å². The van der Waals surface area contributed by atoms with Crippen LogP contribution < -0.4 is 15.9 Å². The summed E-state index contributed by atoms with van der Waals surface area (Å²) in [4.78, 5) is 23.2. The number of benzene rings is 1. The van der Waals surface area contributed by atoms with Gasteiger partial charge in [-0.2, -0.15) is 0 Å². The number of carbonyl (C=O) groups excluding carboxylic acids is 1. The second kappa shape index (κ2) is 5.46. The van der Waals surface area contributed by atoms with E-state index in [0.29, 0.717) is 16.4 Å². The highest BCUT2D eigenvalue weighted by atomic mass is 35.5. The van der Waals surface area contributed by atoms with Crippen molar-refractivity contribution in [2.45, 2.75) is 13.5 Å². The molecule has 3 N–H and O–H groups in total. The van der Waals surface area contributed by atoms with Crippen LogP contribution in [0.3, 0.4) is 0 Å². The maximum Gasteiger partial charge on any atom is 0.307 e. The minimum atomic E-state index is -0.308. The number of nitrogens with two attached hydrogens (primary N) is 1. The van der Waals surface area contributed by atoms with Crippen molar-refractivity contribution in [2.24, 2.45) is 0 Å². The van der Waals surface area contributed by atoms with Gasteiger partial charge in [-0.15, -0.1) is 0 Å². The van der Waals surface area contributed by atoms with Crippen molar-refractivity contribution in [1.82, 2.24) is 4.57 Å². The number of rotatable bonds is 3. The SMILES string of the molecule is Cc1csc(=O)n1CC(=O)Nc1ccc(Cl)cc1N. The Hall–Kier alpha value is -1.79. The summed E-state index contributed by atoms with van der Waals surface area (Å²) < 4.78 is 1.41. The van der Waals surface area contributed by atoms with Crippen molar-refractivity contribution >= 4 is 40.2 Å². The van der Waals surface area contributed by atoms with Crippen molar-refractivity contribution in [1.29, 1.82) is 0 Å². The third-order valence-corrected chi connectivity index (χ3v) is 3.68. The second-order valence-electron chi connectivity index (χ2n) is 4.01. The maximum absolute atomic E-state index is 11.9. The molecule has 2 aromatic rings. The number of hydrogen-bond acceptors (Lipinski definition) is 4. The molecule has 0 fully saturated rings. The van der Waals surface area contributed by atoms with Gasteiger partial charge in [0, 0.05) is 16.1 Å². The van der Waals surface area contributed by atoms with Crippen LogP contribution in [0, 0.1) is 6.92 Å². The van der Waals surface area contributed by atoms with E-state index in [1.807, 2.05) is 0 Å². The molecule has 0 radical (unpaired) electrons. The zero-order chi connectivity index (χ0) is 14.0. The van der Waals surface area contributed by atoms with E-state index < -0.39 is 0 Å². The summed E-state index contributed by atoms with van der Waals surface area (Å²) in [6.45, 7) is 1.75. The zero-order valence-corrected chi connectivity index (χ0v) is 11.7. The van der Waals surface area contributed by atoms with Crippen LogP contribution in [-0.2, 0) is 11.3 Å². The van der Waals surface area contributed by atoms with Gasteiger partial charge in [0.2, 0.25) is 5.91 Å². The number of amides is 1. The molecule has 0 atom stereocenters. The van der Waals surface area contributed by atoms with Gasteiger partial charge in [-0.25, -0.2) is 0 Å². The van der Waals surface area contributed by atoms with Crippen LogP contribution in [0.25, 0.3) is 0 Å². The van der Waals surface area contributed by atoms with E-state index in [9.17, 15) is 9.59 Å². The number of aryl methyl sites for hydroxylation is 1. The van der Waals surface area contributed by atoms with E-state index in [1.54, 1.807) is 30.5 Å². The number of nitrogens with zero attached hydrogens (tertiary/aromatic N) is 1. The number of halogens is 1. The first-order valence-corrected chi connectivity index (χ1v) is 6.73. The Morgan fingerprint density at radius 1 is 1.53 bits per heavy atom. The molecular formula is C12H12ClN3O2S. The lowest BCUT2D eigenvalue weighted by Crippen LogP contribution is -2.25. The third-order valence-electron chi connectivity index (χ3n) is 2.57. The normalized spacial score (nSPS) is 10.4. The molecule has 0 aliphatic heterocycles. The summed E-state index contributed by atoms with van der Waals surface area (Å²) in [5.74, 6) is -0.308. The zero-order valence-electron chi connectivity index (χ0n) is 10.1. The molecule has 2 rings (SSSR count). The molecule has 1 aromatic carbocycles.